The molecule has 13 nitrogen and oxygen atoms in total. The molecule has 2 fully saturated rings. The number of anilines is 1. The lowest BCUT2D eigenvalue weighted by Gasteiger charge is -2.34. The number of aliphatic hydroxyl groups is 2. The van der Waals surface area contributed by atoms with E-state index in [1.807, 2.05) is 36.4 Å². The van der Waals surface area contributed by atoms with Gasteiger partial charge in [0.1, 0.15) is 12.2 Å². The Hall–Kier alpha value is -4.43. The van der Waals surface area contributed by atoms with E-state index in [1.54, 1.807) is 6.92 Å². The highest BCUT2D eigenvalue weighted by Gasteiger charge is 2.47. The van der Waals surface area contributed by atoms with E-state index >= 15 is 0 Å². The molecule has 2 aliphatic heterocycles. The van der Waals surface area contributed by atoms with Crippen molar-refractivity contribution in [3.63, 3.8) is 0 Å². The average Bonchev–Trinajstić information content (AvgIpc) is 3.69. The van der Waals surface area contributed by atoms with Crippen LogP contribution in [-0.4, -0.2) is 104 Å². The number of carbonyl (C=O) groups excluding carboxylic acids is 2. The van der Waals surface area contributed by atoms with E-state index in [0.717, 1.165) is 43.5 Å². The summed E-state index contributed by atoms with van der Waals surface area (Å²) >= 11 is 0. The Labute approximate surface area is 292 Å². The predicted octanol–water partition coefficient (Wildman–Crippen LogP) is 3.07. The number of piperidine rings is 1. The summed E-state index contributed by atoms with van der Waals surface area (Å²) in [6.07, 6.45) is -0.926. The van der Waals surface area contributed by atoms with Gasteiger partial charge in [-0.1, -0.05) is 60.7 Å². The Balaban J connectivity index is 1.27. The number of imidazole rings is 1. The Bertz CT molecular complexity index is 1690. The van der Waals surface area contributed by atoms with Crippen LogP contribution in [0.15, 0.2) is 67.0 Å². The van der Waals surface area contributed by atoms with Crippen molar-refractivity contribution >= 4 is 28.8 Å². The number of hydrogen-bond acceptors (Lipinski definition) is 10. The van der Waals surface area contributed by atoms with Gasteiger partial charge in [0.2, 0.25) is 5.82 Å². The molecule has 2 amide bonds. The fourth-order valence-electron chi connectivity index (χ4n) is 6.93. The van der Waals surface area contributed by atoms with Crippen molar-refractivity contribution in [1.82, 2.24) is 35.1 Å². The van der Waals surface area contributed by atoms with Crippen LogP contribution in [0.3, 0.4) is 0 Å². The Morgan fingerprint density at radius 2 is 1.60 bits per heavy atom. The first-order valence-corrected chi connectivity index (χ1v) is 17.6. The van der Waals surface area contributed by atoms with Gasteiger partial charge < -0.3 is 35.8 Å². The van der Waals surface area contributed by atoms with Crippen molar-refractivity contribution < 1.29 is 24.5 Å². The van der Waals surface area contributed by atoms with Gasteiger partial charge in [-0.25, -0.2) is 15.0 Å². The summed E-state index contributed by atoms with van der Waals surface area (Å²) < 4.78 is 7.33. The lowest BCUT2D eigenvalue weighted by atomic mass is 9.91. The van der Waals surface area contributed by atoms with Crippen LogP contribution in [0.25, 0.3) is 11.2 Å². The van der Waals surface area contributed by atoms with Crippen LogP contribution < -0.4 is 16.0 Å². The van der Waals surface area contributed by atoms with Gasteiger partial charge in [0.05, 0.1) is 6.33 Å². The number of benzene rings is 2. The van der Waals surface area contributed by atoms with E-state index in [0.29, 0.717) is 42.9 Å². The highest BCUT2D eigenvalue weighted by Crippen LogP contribution is 2.33. The first-order chi connectivity index (χ1) is 24.2. The zero-order chi connectivity index (χ0) is 35.2. The quantitative estimate of drug-likeness (QED) is 0.141. The van der Waals surface area contributed by atoms with Crippen LogP contribution in [0.5, 0.6) is 0 Å². The van der Waals surface area contributed by atoms with Gasteiger partial charge in [-0.15, -0.1) is 0 Å². The van der Waals surface area contributed by atoms with Crippen molar-refractivity contribution in [3.8, 4) is 0 Å². The number of likely N-dealkylation sites (N-methyl/N-ethyl adjacent to an activating group) is 1. The second-order valence-corrected chi connectivity index (χ2v) is 13.4. The standard InChI is InChI=1S/C37H48N8O5/c1-4-38-35(48)31-29(46)30(47)37(50-31)45-22-41-28-32(40-21-27(25-11-7-5-8-12-25)26-13-9-6-10-14-26)42-33(43-34(28)45)36(49)39-18-15-24-16-19-44(20-17-24)23(2)3/h5-14,22-24,27,29-31,37,46-47H,4,15-21H2,1-3H3,(H,38,48)(H,39,49)(H,40,42,43)/t29-,30-,31-,37+/m0/s1. The molecule has 50 heavy (non-hydrogen) atoms. The van der Waals surface area contributed by atoms with E-state index < -0.39 is 36.4 Å². The van der Waals surface area contributed by atoms with Gasteiger partial charge in [0, 0.05) is 31.6 Å². The number of nitrogens with zero attached hydrogens (tertiary/aromatic N) is 5. The van der Waals surface area contributed by atoms with Gasteiger partial charge >= 0.3 is 0 Å². The average molecular weight is 685 g/mol. The lowest BCUT2D eigenvalue weighted by molar-refractivity contribution is -0.137. The zero-order valence-corrected chi connectivity index (χ0v) is 28.9. The third kappa shape index (κ3) is 7.81. The fourth-order valence-corrected chi connectivity index (χ4v) is 6.93. The van der Waals surface area contributed by atoms with E-state index in [-0.39, 0.29) is 17.4 Å². The SMILES string of the molecule is CCNC(=O)[C@H]1O[C@@H](n2cnc3c(NCC(c4ccccc4)c4ccccc4)nc(C(=O)NCCC4CCN(C(C)C)CC4)nc32)[C@@H](O)[C@@H]1O. The topological polar surface area (TPSA) is 167 Å². The Morgan fingerprint density at radius 3 is 2.22 bits per heavy atom. The summed E-state index contributed by atoms with van der Waals surface area (Å²) in [5.74, 6) is -0.211. The number of likely N-dealkylation sites (tertiary alicyclic amines) is 1. The number of fused-ring (bicyclic) bond motifs is 1. The first kappa shape index (κ1) is 35.4. The maximum absolute atomic E-state index is 13.6. The van der Waals surface area contributed by atoms with E-state index in [9.17, 15) is 19.8 Å². The minimum atomic E-state index is -1.48. The van der Waals surface area contributed by atoms with Crippen LogP contribution in [0.4, 0.5) is 5.82 Å². The number of amides is 2. The molecule has 0 spiro atoms. The Morgan fingerprint density at radius 1 is 0.940 bits per heavy atom. The van der Waals surface area contributed by atoms with Crippen LogP contribution in [0.2, 0.25) is 0 Å². The van der Waals surface area contributed by atoms with Gasteiger partial charge in [0.15, 0.2) is 29.3 Å². The predicted molar refractivity (Wildman–Crippen MR) is 190 cm³/mol. The molecule has 13 heteroatoms. The molecule has 0 aliphatic carbocycles. The molecule has 0 bridgehead atoms. The van der Waals surface area contributed by atoms with Crippen LogP contribution in [-0.2, 0) is 9.53 Å². The highest BCUT2D eigenvalue weighted by molar-refractivity contribution is 5.94. The number of aliphatic hydroxyl groups excluding tert-OH is 2. The molecule has 266 valence electrons. The zero-order valence-electron chi connectivity index (χ0n) is 28.9. The van der Waals surface area contributed by atoms with E-state index in [4.69, 9.17) is 4.74 Å². The Kier molecular flexibility index (Phi) is 11.4. The number of hydrogen-bond donors (Lipinski definition) is 5. The van der Waals surface area contributed by atoms with Gasteiger partial charge in [-0.05, 0) is 70.2 Å². The van der Waals surface area contributed by atoms with Crippen molar-refractivity contribution in [3.05, 3.63) is 83.9 Å². The smallest absolute Gasteiger partial charge is 0.289 e. The summed E-state index contributed by atoms with van der Waals surface area (Å²) in [4.78, 5) is 42.5. The summed E-state index contributed by atoms with van der Waals surface area (Å²) in [7, 11) is 0. The van der Waals surface area contributed by atoms with Crippen LogP contribution in [0.1, 0.15) is 73.9 Å². The summed E-state index contributed by atoms with van der Waals surface area (Å²) in [5.41, 5.74) is 2.78. The molecule has 2 aromatic carbocycles. The molecule has 2 saturated heterocycles. The molecular formula is C37H48N8O5. The highest BCUT2D eigenvalue weighted by atomic mass is 16.6. The molecule has 0 saturated carbocycles. The second-order valence-electron chi connectivity index (χ2n) is 13.4. The number of rotatable bonds is 13. The van der Waals surface area contributed by atoms with Crippen molar-refractivity contribution in [2.24, 2.45) is 5.92 Å². The number of carbonyl (C=O) groups is 2. The molecule has 0 radical (unpaired) electrons. The van der Waals surface area contributed by atoms with Gasteiger partial charge in [-0.3, -0.25) is 14.2 Å². The third-order valence-corrected chi connectivity index (χ3v) is 9.84. The summed E-state index contributed by atoms with van der Waals surface area (Å²) in [6.45, 7) is 9.58. The molecule has 4 aromatic rings. The van der Waals surface area contributed by atoms with Crippen LogP contribution >= 0.6 is 0 Å². The molecule has 4 heterocycles. The van der Waals surface area contributed by atoms with E-state index in [2.05, 4.69) is 73.9 Å². The maximum atomic E-state index is 13.6. The molecule has 6 rings (SSSR count). The lowest BCUT2D eigenvalue weighted by Crippen LogP contribution is -2.42. The fraction of sp³-hybridized carbons (Fsp3) is 0.486. The minimum Gasteiger partial charge on any atom is -0.387 e. The normalized spacial score (nSPS) is 21.6. The molecule has 2 aliphatic rings. The maximum Gasteiger partial charge on any atom is 0.289 e. The largest absolute Gasteiger partial charge is 0.387 e. The summed E-state index contributed by atoms with van der Waals surface area (Å²) in [5, 5.41) is 30.8. The monoisotopic (exact) mass is 684 g/mol. The summed E-state index contributed by atoms with van der Waals surface area (Å²) in [6, 6.07) is 20.8. The van der Waals surface area contributed by atoms with Crippen molar-refractivity contribution in [1.29, 1.82) is 0 Å². The van der Waals surface area contributed by atoms with Gasteiger partial charge in [-0.2, -0.15) is 0 Å². The molecule has 0 unspecified atom stereocenters. The third-order valence-electron chi connectivity index (χ3n) is 9.84. The molecule has 4 atom stereocenters. The van der Waals surface area contributed by atoms with Crippen molar-refractivity contribution in [2.45, 2.75) is 76.5 Å². The van der Waals surface area contributed by atoms with Crippen LogP contribution in [0, 0.1) is 5.92 Å². The molecule has 5 N–H and O–H groups in total. The molecular weight excluding hydrogens is 636 g/mol. The number of nitrogens with one attached hydrogen (secondary N) is 3. The van der Waals surface area contributed by atoms with Crippen molar-refractivity contribution in [2.75, 3.05) is 38.0 Å². The number of aromatic nitrogens is 4. The van der Waals surface area contributed by atoms with E-state index in [1.165, 1.54) is 10.9 Å². The minimum absolute atomic E-state index is 0.0446. The first-order valence-electron chi connectivity index (χ1n) is 17.6. The van der Waals surface area contributed by atoms with Gasteiger partial charge in [0.25, 0.3) is 11.8 Å². The second kappa shape index (κ2) is 16.1. The molecule has 2 aromatic heterocycles. The number of ether oxygens (including phenoxy) is 1.